The van der Waals surface area contributed by atoms with E-state index < -0.39 is 0 Å². The molecule has 1 fully saturated rings. The zero-order valence-electron chi connectivity index (χ0n) is 9.87. The van der Waals surface area contributed by atoms with Gasteiger partial charge in [-0.2, -0.15) is 0 Å². The number of carbonyl (C=O) groups is 1. The van der Waals surface area contributed by atoms with Crippen molar-refractivity contribution in [2.24, 2.45) is 23.5 Å². The van der Waals surface area contributed by atoms with E-state index in [1.807, 2.05) is 13.8 Å². The molecule has 0 amide bonds. The van der Waals surface area contributed by atoms with Crippen LogP contribution >= 0.6 is 0 Å². The van der Waals surface area contributed by atoms with Gasteiger partial charge in [0.1, 0.15) is 0 Å². The normalized spacial score (nSPS) is 18.7. The molecule has 88 valence electrons. The Morgan fingerprint density at radius 1 is 1.47 bits per heavy atom. The van der Waals surface area contributed by atoms with Gasteiger partial charge < -0.3 is 10.5 Å². The van der Waals surface area contributed by atoms with Crippen LogP contribution in [-0.2, 0) is 9.53 Å². The number of carbonyl (C=O) groups excluding carboxylic acids is 1. The highest BCUT2D eigenvalue weighted by atomic mass is 16.5. The smallest absolute Gasteiger partial charge is 0.310 e. The van der Waals surface area contributed by atoms with Crippen molar-refractivity contribution in [1.29, 1.82) is 0 Å². The monoisotopic (exact) mass is 213 g/mol. The van der Waals surface area contributed by atoms with Crippen LogP contribution in [0.25, 0.3) is 0 Å². The maximum atomic E-state index is 11.6. The number of hydrogen-bond donors (Lipinski definition) is 1. The molecule has 1 rings (SSSR count). The van der Waals surface area contributed by atoms with E-state index in [4.69, 9.17) is 10.5 Å². The standard InChI is InChI=1S/C12H23NO2/c1-9(2)11(8-13)12(14)15-7-6-10-4-3-5-10/h9-11H,3-8,13H2,1-2H3. The minimum absolute atomic E-state index is 0.119. The fourth-order valence-electron chi connectivity index (χ4n) is 1.86. The van der Waals surface area contributed by atoms with Crippen molar-refractivity contribution in [3.05, 3.63) is 0 Å². The molecule has 0 aromatic heterocycles. The molecular weight excluding hydrogens is 190 g/mol. The van der Waals surface area contributed by atoms with Gasteiger partial charge in [-0.1, -0.05) is 33.1 Å². The first-order valence-electron chi connectivity index (χ1n) is 6.01. The van der Waals surface area contributed by atoms with Crippen LogP contribution in [0.15, 0.2) is 0 Å². The lowest BCUT2D eigenvalue weighted by atomic mass is 9.83. The minimum Gasteiger partial charge on any atom is -0.465 e. The summed E-state index contributed by atoms with van der Waals surface area (Å²) in [6.07, 6.45) is 4.99. The lowest BCUT2D eigenvalue weighted by Crippen LogP contribution is -2.30. The van der Waals surface area contributed by atoms with Crippen LogP contribution in [0.1, 0.15) is 39.5 Å². The van der Waals surface area contributed by atoms with Gasteiger partial charge in [-0.3, -0.25) is 4.79 Å². The second kappa shape index (κ2) is 6.11. The van der Waals surface area contributed by atoms with Crippen LogP contribution in [0.3, 0.4) is 0 Å². The van der Waals surface area contributed by atoms with Crippen LogP contribution in [0, 0.1) is 17.8 Å². The summed E-state index contributed by atoms with van der Waals surface area (Å²) in [6.45, 7) is 4.97. The van der Waals surface area contributed by atoms with Crippen molar-refractivity contribution in [1.82, 2.24) is 0 Å². The van der Waals surface area contributed by atoms with Crippen LogP contribution in [0.4, 0.5) is 0 Å². The Morgan fingerprint density at radius 3 is 2.53 bits per heavy atom. The molecule has 0 aromatic rings. The Hall–Kier alpha value is -0.570. The Morgan fingerprint density at radius 2 is 2.13 bits per heavy atom. The molecule has 0 bridgehead atoms. The van der Waals surface area contributed by atoms with Crippen molar-refractivity contribution >= 4 is 5.97 Å². The van der Waals surface area contributed by atoms with E-state index in [0.717, 1.165) is 12.3 Å². The first kappa shape index (κ1) is 12.5. The van der Waals surface area contributed by atoms with Crippen LogP contribution in [-0.4, -0.2) is 19.1 Å². The Balaban J connectivity index is 2.15. The molecule has 0 aromatic carbocycles. The largest absolute Gasteiger partial charge is 0.465 e. The van der Waals surface area contributed by atoms with Crippen molar-refractivity contribution in [3.63, 3.8) is 0 Å². The first-order chi connectivity index (χ1) is 7.15. The quantitative estimate of drug-likeness (QED) is 0.686. The van der Waals surface area contributed by atoms with Gasteiger partial charge in [0.05, 0.1) is 12.5 Å². The maximum Gasteiger partial charge on any atom is 0.310 e. The summed E-state index contributed by atoms with van der Waals surface area (Å²) < 4.78 is 5.24. The average molecular weight is 213 g/mol. The predicted molar refractivity (Wildman–Crippen MR) is 60.3 cm³/mol. The molecular formula is C12H23NO2. The highest BCUT2D eigenvalue weighted by molar-refractivity contribution is 5.72. The molecule has 15 heavy (non-hydrogen) atoms. The first-order valence-corrected chi connectivity index (χ1v) is 6.01. The van der Waals surface area contributed by atoms with E-state index in [1.165, 1.54) is 19.3 Å². The van der Waals surface area contributed by atoms with Gasteiger partial charge in [-0.05, 0) is 18.3 Å². The zero-order valence-corrected chi connectivity index (χ0v) is 9.87. The molecule has 1 saturated carbocycles. The predicted octanol–water partition coefficient (Wildman–Crippen LogP) is 1.95. The van der Waals surface area contributed by atoms with Gasteiger partial charge in [0.25, 0.3) is 0 Å². The lowest BCUT2D eigenvalue weighted by molar-refractivity contribution is -0.150. The summed E-state index contributed by atoms with van der Waals surface area (Å²) in [5, 5.41) is 0. The van der Waals surface area contributed by atoms with Gasteiger partial charge in [0.15, 0.2) is 0 Å². The van der Waals surface area contributed by atoms with E-state index in [9.17, 15) is 4.79 Å². The van der Waals surface area contributed by atoms with E-state index >= 15 is 0 Å². The summed E-state index contributed by atoms with van der Waals surface area (Å²) in [4.78, 5) is 11.6. The Bertz CT molecular complexity index is 200. The molecule has 0 radical (unpaired) electrons. The fourth-order valence-corrected chi connectivity index (χ4v) is 1.86. The maximum absolute atomic E-state index is 11.6. The van der Waals surface area contributed by atoms with E-state index in [1.54, 1.807) is 0 Å². The van der Waals surface area contributed by atoms with Gasteiger partial charge >= 0.3 is 5.97 Å². The highest BCUT2D eigenvalue weighted by Gasteiger charge is 2.23. The van der Waals surface area contributed by atoms with Gasteiger partial charge in [0.2, 0.25) is 0 Å². The second-order valence-corrected chi connectivity index (χ2v) is 4.84. The van der Waals surface area contributed by atoms with Crippen molar-refractivity contribution in [3.8, 4) is 0 Å². The molecule has 0 spiro atoms. The van der Waals surface area contributed by atoms with Gasteiger partial charge in [-0.15, -0.1) is 0 Å². The molecule has 3 nitrogen and oxygen atoms in total. The number of esters is 1. The van der Waals surface area contributed by atoms with Gasteiger partial charge in [0, 0.05) is 6.54 Å². The minimum atomic E-state index is -0.133. The molecule has 1 aliphatic carbocycles. The van der Waals surface area contributed by atoms with Crippen molar-refractivity contribution < 1.29 is 9.53 Å². The third-order valence-electron chi connectivity index (χ3n) is 3.36. The molecule has 1 atom stereocenters. The molecule has 0 saturated heterocycles. The molecule has 0 heterocycles. The number of ether oxygens (including phenoxy) is 1. The van der Waals surface area contributed by atoms with Crippen molar-refractivity contribution in [2.45, 2.75) is 39.5 Å². The molecule has 0 aliphatic heterocycles. The number of rotatable bonds is 6. The Kier molecular flexibility index (Phi) is 5.09. The number of nitrogens with two attached hydrogens (primary N) is 1. The van der Waals surface area contributed by atoms with E-state index in [-0.39, 0.29) is 17.8 Å². The number of hydrogen-bond acceptors (Lipinski definition) is 3. The summed E-state index contributed by atoms with van der Waals surface area (Å²) in [5.74, 6) is 0.817. The lowest BCUT2D eigenvalue weighted by Gasteiger charge is -2.25. The SMILES string of the molecule is CC(C)C(CN)C(=O)OCCC1CCC1. The molecule has 2 N–H and O–H groups in total. The average Bonchev–Trinajstić information content (AvgIpc) is 2.09. The summed E-state index contributed by atoms with van der Waals surface area (Å²) in [6, 6.07) is 0. The van der Waals surface area contributed by atoms with E-state index in [0.29, 0.717) is 13.2 Å². The van der Waals surface area contributed by atoms with Crippen LogP contribution in [0.5, 0.6) is 0 Å². The van der Waals surface area contributed by atoms with Crippen molar-refractivity contribution in [2.75, 3.05) is 13.2 Å². The summed E-state index contributed by atoms with van der Waals surface area (Å²) in [5.41, 5.74) is 5.54. The summed E-state index contributed by atoms with van der Waals surface area (Å²) >= 11 is 0. The third kappa shape index (κ3) is 3.82. The molecule has 1 unspecified atom stereocenters. The molecule has 1 aliphatic rings. The summed E-state index contributed by atoms with van der Waals surface area (Å²) in [7, 11) is 0. The fraction of sp³-hybridized carbons (Fsp3) is 0.917. The van der Waals surface area contributed by atoms with Gasteiger partial charge in [-0.25, -0.2) is 0 Å². The molecule has 3 heteroatoms. The topological polar surface area (TPSA) is 52.3 Å². The van der Waals surface area contributed by atoms with E-state index in [2.05, 4.69) is 0 Å². The van der Waals surface area contributed by atoms with Crippen LogP contribution in [0.2, 0.25) is 0 Å². The highest BCUT2D eigenvalue weighted by Crippen LogP contribution is 2.29. The zero-order chi connectivity index (χ0) is 11.3. The second-order valence-electron chi connectivity index (χ2n) is 4.84. The van der Waals surface area contributed by atoms with Crippen LogP contribution < -0.4 is 5.73 Å². The third-order valence-corrected chi connectivity index (χ3v) is 3.36. The Labute approximate surface area is 92.4 Å².